The van der Waals surface area contributed by atoms with E-state index in [1.54, 1.807) is 0 Å². The van der Waals surface area contributed by atoms with Crippen LogP contribution in [-0.4, -0.2) is 0 Å². The molecule has 80 valence electrons. The summed E-state index contributed by atoms with van der Waals surface area (Å²) < 4.78 is 0. The quantitative estimate of drug-likeness (QED) is 0.444. The van der Waals surface area contributed by atoms with Crippen LogP contribution in [0.4, 0.5) is 0 Å². The van der Waals surface area contributed by atoms with Gasteiger partial charge in [0.1, 0.15) is 0 Å². The molecule has 0 rings (SSSR count). The smallest absolute Gasteiger partial charge is 0.0200 e. The lowest BCUT2D eigenvalue weighted by Gasteiger charge is -1.99. The highest BCUT2D eigenvalue weighted by atomic mass is 14.0. The molecule has 0 spiro atoms. The minimum Gasteiger partial charge on any atom is -0.0991 e. The summed E-state index contributed by atoms with van der Waals surface area (Å²) in [6.07, 6.45) is 12.0. The molecule has 0 saturated heterocycles. The van der Waals surface area contributed by atoms with Crippen LogP contribution in [0.3, 0.4) is 0 Å². The molecule has 0 unspecified atom stereocenters. The molecule has 0 bridgehead atoms. The van der Waals surface area contributed by atoms with E-state index in [1.807, 2.05) is 32.1 Å². The lowest BCUT2D eigenvalue weighted by molar-refractivity contribution is 0.948. The Kier molecular flexibility index (Phi) is 8.19. The molecule has 0 aliphatic rings. The Balaban J connectivity index is 4.42. The van der Waals surface area contributed by atoms with Crippen molar-refractivity contribution in [2.45, 2.75) is 33.6 Å². The second kappa shape index (κ2) is 9.09. The second-order valence-electron chi connectivity index (χ2n) is 3.32. The van der Waals surface area contributed by atoms with Gasteiger partial charge < -0.3 is 0 Å². The molecule has 15 heavy (non-hydrogen) atoms. The van der Waals surface area contributed by atoms with Crippen LogP contribution in [0.25, 0.3) is 0 Å². The number of hydrogen-bond donors (Lipinski definition) is 0. The van der Waals surface area contributed by atoms with Crippen molar-refractivity contribution >= 4 is 0 Å². The Hall–Kier alpha value is -1.48. The maximum Gasteiger partial charge on any atom is -0.0200 e. The fourth-order valence-electron chi connectivity index (χ4n) is 1.18. The van der Waals surface area contributed by atoms with Gasteiger partial charge in [0.05, 0.1) is 0 Å². The van der Waals surface area contributed by atoms with Gasteiger partial charge in [0, 0.05) is 0 Å². The Bertz CT molecular complexity index is 338. The van der Waals surface area contributed by atoms with E-state index in [1.165, 1.54) is 11.1 Å². The fourth-order valence-corrected chi connectivity index (χ4v) is 1.18. The maximum absolute atomic E-state index is 3.71. The molecule has 0 heterocycles. The minimum atomic E-state index is 1.02. The zero-order valence-corrected chi connectivity index (χ0v) is 10.0. The maximum atomic E-state index is 3.71. The molecule has 0 aromatic rings. The van der Waals surface area contributed by atoms with Gasteiger partial charge in [-0.25, -0.2) is 0 Å². The normalized spacial score (nSPS) is 10.7. The van der Waals surface area contributed by atoms with Gasteiger partial charge in [-0.3, -0.25) is 0 Å². The predicted molar refractivity (Wildman–Crippen MR) is 68.8 cm³/mol. The zero-order chi connectivity index (χ0) is 11.5. The summed E-state index contributed by atoms with van der Waals surface area (Å²) in [7, 11) is 0. The van der Waals surface area contributed by atoms with E-state index in [0.717, 1.165) is 12.8 Å². The van der Waals surface area contributed by atoms with E-state index >= 15 is 0 Å². The topological polar surface area (TPSA) is 0 Å². The molecule has 0 aromatic carbocycles. The molecule has 0 N–H and O–H groups in total. The SMILES string of the molecule is C=CC=C(C=CC)CCC(C)=C=C=CC. The molecule has 0 heteroatoms. The molecule has 0 nitrogen and oxygen atoms in total. The third-order valence-corrected chi connectivity index (χ3v) is 1.93. The van der Waals surface area contributed by atoms with Crippen LogP contribution in [0.5, 0.6) is 0 Å². The van der Waals surface area contributed by atoms with Gasteiger partial charge in [0.25, 0.3) is 0 Å². The summed E-state index contributed by atoms with van der Waals surface area (Å²) in [6, 6.07) is 0. The van der Waals surface area contributed by atoms with E-state index in [9.17, 15) is 0 Å². The highest BCUT2D eigenvalue weighted by molar-refractivity contribution is 5.23. The van der Waals surface area contributed by atoms with Gasteiger partial charge >= 0.3 is 0 Å². The molecule has 0 aromatic heterocycles. The van der Waals surface area contributed by atoms with Gasteiger partial charge in [-0.15, -0.1) is 0 Å². The van der Waals surface area contributed by atoms with Crippen LogP contribution < -0.4 is 0 Å². The van der Waals surface area contributed by atoms with E-state index in [0.29, 0.717) is 0 Å². The van der Waals surface area contributed by atoms with Crippen molar-refractivity contribution in [2.75, 3.05) is 0 Å². The van der Waals surface area contributed by atoms with Crippen molar-refractivity contribution in [3.63, 3.8) is 0 Å². The van der Waals surface area contributed by atoms with E-state index in [2.05, 4.69) is 37.1 Å². The Morgan fingerprint density at radius 2 is 2.00 bits per heavy atom. The van der Waals surface area contributed by atoms with Crippen LogP contribution in [-0.2, 0) is 0 Å². The fraction of sp³-hybridized carbons (Fsp3) is 0.333. The number of rotatable bonds is 5. The van der Waals surface area contributed by atoms with Gasteiger partial charge in [0.2, 0.25) is 0 Å². The van der Waals surface area contributed by atoms with E-state index in [-0.39, 0.29) is 0 Å². The summed E-state index contributed by atoms with van der Waals surface area (Å²) >= 11 is 0. The van der Waals surface area contributed by atoms with Crippen molar-refractivity contribution in [1.82, 2.24) is 0 Å². The van der Waals surface area contributed by atoms with Crippen molar-refractivity contribution in [3.05, 3.63) is 59.6 Å². The largest absolute Gasteiger partial charge is 0.0991 e. The average molecular weight is 200 g/mol. The van der Waals surface area contributed by atoms with Crippen molar-refractivity contribution in [3.8, 4) is 0 Å². The molecular formula is C15H20. The van der Waals surface area contributed by atoms with Crippen LogP contribution in [0, 0.1) is 0 Å². The van der Waals surface area contributed by atoms with Gasteiger partial charge in [0.15, 0.2) is 0 Å². The second-order valence-corrected chi connectivity index (χ2v) is 3.32. The molecule has 0 atom stereocenters. The first-order valence-corrected chi connectivity index (χ1v) is 5.30. The summed E-state index contributed by atoms with van der Waals surface area (Å²) in [5.41, 5.74) is 8.60. The zero-order valence-electron chi connectivity index (χ0n) is 10.0. The number of hydrogen-bond acceptors (Lipinski definition) is 0. The Morgan fingerprint density at radius 3 is 2.53 bits per heavy atom. The summed E-state index contributed by atoms with van der Waals surface area (Å²) in [6.45, 7) is 9.77. The van der Waals surface area contributed by atoms with Crippen molar-refractivity contribution in [2.24, 2.45) is 0 Å². The van der Waals surface area contributed by atoms with Crippen LogP contribution >= 0.6 is 0 Å². The van der Waals surface area contributed by atoms with Crippen LogP contribution in [0.2, 0.25) is 0 Å². The Morgan fingerprint density at radius 1 is 1.27 bits per heavy atom. The molecule has 0 aliphatic carbocycles. The highest BCUT2D eigenvalue weighted by Crippen LogP contribution is 2.11. The van der Waals surface area contributed by atoms with Gasteiger partial charge in [-0.05, 0) is 50.8 Å². The van der Waals surface area contributed by atoms with Gasteiger partial charge in [-0.2, -0.15) is 0 Å². The summed E-state index contributed by atoms with van der Waals surface area (Å²) in [4.78, 5) is 0. The molecule has 0 fully saturated rings. The summed E-state index contributed by atoms with van der Waals surface area (Å²) in [5, 5.41) is 0. The first-order chi connectivity index (χ1) is 7.24. The third kappa shape index (κ3) is 7.58. The average Bonchev–Trinajstić information content (AvgIpc) is 2.23. The number of allylic oxidation sites excluding steroid dienone is 7. The standard InChI is InChI=1S/C15H20/c1-5-8-11-14(4)12-13-15(9-6-2)10-7-3/h5-7,9-10H,2,12-13H2,1,3-4H3. The lowest BCUT2D eigenvalue weighted by atomic mass is 10.1. The Labute approximate surface area is 93.7 Å². The molecular weight excluding hydrogens is 180 g/mol. The van der Waals surface area contributed by atoms with Crippen molar-refractivity contribution in [1.29, 1.82) is 0 Å². The van der Waals surface area contributed by atoms with Crippen molar-refractivity contribution < 1.29 is 0 Å². The summed E-state index contributed by atoms with van der Waals surface area (Å²) in [5.74, 6) is 0. The van der Waals surface area contributed by atoms with E-state index in [4.69, 9.17) is 0 Å². The molecule has 0 amide bonds. The third-order valence-electron chi connectivity index (χ3n) is 1.93. The first-order valence-electron chi connectivity index (χ1n) is 5.30. The monoisotopic (exact) mass is 200 g/mol. The molecule has 0 aliphatic heterocycles. The predicted octanol–water partition coefficient (Wildman–Crippen LogP) is 4.73. The molecule has 0 radical (unpaired) electrons. The molecule has 0 saturated carbocycles. The van der Waals surface area contributed by atoms with Crippen LogP contribution in [0.15, 0.2) is 59.6 Å². The van der Waals surface area contributed by atoms with Crippen LogP contribution in [0.1, 0.15) is 33.6 Å². The lowest BCUT2D eigenvalue weighted by Crippen LogP contribution is -1.80. The minimum absolute atomic E-state index is 1.02. The van der Waals surface area contributed by atoms with Gasteiger partial charge in [-0.1, -0.05) is 42.3 Å². The van der Waals surface area contributed by atoms with E-state index < -0.39 is 0 Å². The highest BCUT2D eigenvalue weighted by Gasteiger charge is 1.93. The first kappa shape index (κ1) is 13.5.